The van der Waals surface area contributed by atoms with Gasteiger partial charge in [0.1, 0.15) is 0 Å². The normalized spacial score (nSPS) is 15.7. The van der Waals surface area contributed by atoms with E-state index in [0.29, 0.717) is 0 Å². The van der Waals surface area contributed by atoms with E-state index in [1.54, 1.807) is 0 Å². The maximum absolute atomic E-state index is 5.68. The Morgan fingerprint density at radius 1 is 1.20 bits per heavy atom. The predicted molar refractivity (Wildman–Crippen MR) is 83.5 cm³/mol. The molecular formula is C17H23N3. The van der Waals surface area contributed by atoms with Crippen molar-refractivity contribution < 1.29 is 0 Å². The molecule has 3 rings (SSSR count). The molecule has 1 aromatic carbocycles. The van der Waals surface area contributed by atoms with Crippen LogP contribution >= 0.6 is 0 Å². The lowest BCUT2D eigenvalue weighted by Crippen LogP contribution is -2.40. The van der Waals surface area contributed by atoms with Crippen LogP contribution in [0.25, 0.3) is 10.9 Å². The van der Waals surface area contributed by atoms with Gasteiger partial charge in [0.15, 0.2) is 0 Å². The SMILES string of the molecule is NCCCN(Cc1cccc2cccnc12)C1CCC1. The van der Waals surface area contributed by atoms with Gasteiger partial charge in [-0.05, 0) is 44.0 Å². The molecule has 0 unspecified atom stereocenters. The van der Waals surface area contributed by atoms with E-state index in [4.69, 9.17) is 5.73 Å². The number of fused-ring (bicyclic) bond motifs is 1. The third-order valence-electron chi connectivity index (χ3n) is 4.33. The third-order valence-corrected chi connectivity index (χ3v) is 4.33. The Kier molecular flexibility index (Phi) is 4.28. The van der Waals surface area contributed by atoms with Gasteiger partial charge in [-0.2, -0.15) is 0 Å². The molecule has 2 N–H and O–H groups in total. The summed E-state index contributed by atoms with van der Waals surface area (Å²) in [5.41, 5.74) is 8.17. The van der Waals surface area contributed by atoms with Crippen molar-refractivity contribution >= 4 is 10.9 Å². The molecule has 0 radical (unpaired) electrons. The lowest BCUT2D eigenvalue weighted by atomic mass is 9.91. The number of aromatic nitrogens is 1. The largest absolute Gasteiger partial charge is 0.330 e. The maximum atomic E-state index is 5.68. The van der Waals surface area contributed by atoms with Crippen LogP contribution in [0.1, 0.15) is 31.2 Å². The highest BCUT2D eigenvalue weighted by Gasteiger charge is 2.24. The van der Waals surface area contributed by atoms with E-state index in [2.05, 4.69) is 34.1 Å². The molecule has 1 aliphatic rings. The minimum Gasteiger partial charge on any atom is -0.330 e. The van der Waals surface area contributed by atoms with Crippen LogP contribution in [0.5, 0.6) is 0 Å². The van der Waals surface area contributed by atoms with E-state index < -0.39 is 0 Å². The van der Waals surface area contributed by atoms with Crippen molar-refractivity contribution in [3.05, 3.63) is 42.1 Å². The molecular weight excluding hydrogens is 246 g/mol. The fraction of sp³-hybridized carbons (Fsp3) is 0.471. The Labute approximate surface area is 120 Å². The van der Waals surface area contributed by atoms with Gasteiger partial charge in [0.25, 0.3) is 0 Å². The highest BCUT2D eigenvalue weighted by Crippen LogP contribution is 2.27. The van der Waals surface area contributed by atoms with Crippen LogP contribution < -0.4 is 5.73 Å². The van der Waals surface area contributed by atoms with Crippen molar-refractivity contribution in [3.8, 4) is 0 Å². The Bertz CT molecular complexity index is 558. The average Bonchev–Trinajstić information content (AvgIpc) is 2.43. The standard InChI is InChI=1S/C17H23N3/c18-10-4-12-20(16-8-2-9-16)13-15-6-1-5-14-7-3-11-19-17(14)15/h1,3,5-7,11,16H,2,4,8-10,12-13,18H2. The lowest BCUT2D eigenvalue weighted by Gasteiger charge is -2.37. The van der Waals surface area contributed by atoms with Gasteiger partial charge in [0, 0.05) is 24.2 Å². The first-order chi connectivity index (χ1) is 9.88. The molecule has 1 aromatic heterocycles. The summed E-state index contributed by atoms with van der Waals surface area (Å²) in [5.74, 6) is 0. The van der Waals surface area contributed by atoms with E-state index >= 15 is 0 Å². The topological polar surface area (TPSA) is 42.1 Å². The zero-order chi connectivity index (χ0) is 13.8. The second-order valence-electron chi connectivity index (χ2n) is 5.69. The molecule has 3 heteroatoms. The molecule has 1 saturated carbocycles. The van der Waals surface area contributed by atoms with Crippen LogP contribution in [-0.4, -0.2) is 29.0 Å². The van der Waals surface area contributed by atoms with Crippen LogP contribution in [0.4, 0.5) is 0 Å². The molecule has 0 atom stereocenters. The second kappa shape index (κ2) is 6.33. The molecule has 0 amide bonds. The first kappa shape index (κ1) is 13.5. The summed E-state index contributed by atoms with van der Waals surface area (Å²) in [7, 11) is 0. The number of nitrogens with two attached hydrogens (primary N) is 1. The second-order valence-corrected chi connectivity index (χ2v) is 5.69. The fourth-order valence-corrected chi connectivity index (χ4v) is 2.95. The minimum absolute atomic E-state index is 0.750. The summed E-state index contributed by atoms with van der Waals surface area (Å²) in [5, 5.41) is 1.23. The molecule has 1 fully saturated rings. The van der Waals surface area contributed by atoms with Gasteiger partial charge >= 0.3 is 0 Å². The summed E-state index contributed by atoms with van der Waals surface area (Å²) in [4.78, 5) is 7.16. The van der Waals surface area contributed by atoms with E-state index in [9.17, 15) is 0 Å². The van der Waals surface area contributed by atoms with Gasteiger partial charge in [0.05, 0.1) is 5.52 Å². The van der Waals surface area contributed by atoms with Crippen LogP contribution in [-0.2, 0) is 6.54 Å². The molecule has 106 valence electrons. The Balaban J connectivity index is 1.82. The van der Waals surface area contributed by atoms with Crippen LogP contribution in [0.15, 0.2) is 36.5 Å². The van der Waals surface area contributed by atoms with E-state index in [1.165, 1.54) is 30.2 Å². The van der Waals surface area contributed by atoms with Gasteiger partial charge < -0.3 is 5.73 Å². The van der Waals surface area contributed by atoms with Gasteiger partial charge in [-0.3, -0.25) is 9.88 Å². The Morgan fingerprint density at radius 2 is 2.05 bits per heavy atom. The summed E-state index contributed by atoms with van der Waals surface area (Å²) in [6, 6.07) is 11.4. The Hall–Kier alpha value is -1.45. The van der Waals surface area contributed by atoms with Gasteiger partial charge in [-0.25, -0.2) is 0 Å². The highest BCUT2D eigenvalue weighted by atomic mass is 15.2. The number of hydrogen-bond donors (Lipinski definition) is 1. The van der Waals surface area contributed by atoms with Crippen LogP contribution in [0.3, 0.4) is 0 Å². The zero-order valence-corrected chi connectivity index (χ0v) is 12.0. The summed E-state index contributed by atoms with van der Waals surface area (Å²) < 4.78 is 0. The third kappa shape index (κ3) is 2.84. The minimum atomic E-state index is 0.750. The zero-order valence-electron chi connectivity index (χ0n) is 12.0. The molecule has 3 nitrogen and oxygen atoms in total. The van der Waals surface area contributed by atoms with E-state index in [1.807, 2.05) is 12.3 Å². The van der Waals surface area contributed by atoms with Crippen molar-refractivity contribution in [1.29, 1.82) is 0 Å². The molecule has 2 aromatic rings. The highest BCUT2D eigenvalue weighted by molar-refractivity contribution is 5.81. The molecule has 1 aliphatic carbocycles. The monoisotopic (exact) mass is 269 g/mol. The van der Waals surface area contributed by atoms with Gasteiger partial charge in [-0.15, -0.1) is 0 Å². The first-order valence-corrected chi connectivity index (χ1v) is 7.65. The number of hydrogen-bond acceptors (Lipinski definition) is 3. The number of pyridine rings is 1. The summed E-state index contributed by atoms with van der Waals surface area (Å²) >= 11 is 0. The summed E-state index contributed by atoms with van der Waals surface area (Å²) in [6.45, 7) is 2.88. The number of para-hydroxylation sites is 1. The first-order valence-electron chi connectivity index (χ1n) is 7.65. The fourth-order valence-electron chi connectivity index (χ4n) is 2.95. The number of benzene rings is 1. The van der Waals surface area contributed by atoms with Crippen molar-refractivity contribution in [3.63, 3.8) is 0 Å². The molecule has 1 heterocycles. The molecule has 0 saturated heterocycles. The van der Waals surface area contributed by atoms with Crippen molar-refractivity contribution in [2.75, 3.05) is 13.1 Å². The average molecular weight is 269 g/mol. The van der Waals surface area contributed by atoms with Gasteiger partial charge in [-0.1, -0.05) is 30.7 Å². The summed E-state index contributed by atoms with van der Waals surface area (Å²) in [6.07, 6.45) is 7.01. The molecule has 20 heavy (non-hydrogen) atoms. The van der Waals surface area contributed by atoms with Gasteiger partial charge in [0.2, 0.25) is 0 Å². The van der Waals surface area contributed by atoms with E-state index in [0.717, 1.165) is 37.6 Å². The lowest BCUT2D eigenvalue weighted by molar-refractivity contribution is 0.119. The quantitative estimate of drug-likeness (QED) is 0.876. The van der Waals surface area contributed by atoms with Crippen LogP contribution in [0.2, 0.25) is 0 Å². The van der Waals surface area contributed by atoms with E-state index in [-0.39, 0.29) is 0 Å². The van der Waals surface area contributed by atoms with Crippen LogP contribution in [0, 0.1) is 0 Å². The van der Waals surface area contributed by atoms with Crippen molar-refractivity contribution in [2.45, 2.75) is 38.3 Å². The predicted octanol–water partition coefficient (Wildman–Crippen LogP) is 2.94. The van der Waals surface area contributed by atoms with Crippen molar-refractivity contribution in [2.24, 2.45) is 5.73 Å². The smallest absolute Gasteiger partial charge is 0.0746 e. The molecule has 0 spiro atoms. The molecule has 0 bridgehead atoms. The Morgan fingerprint density at radius 3 is 2.80 bits per heavy atom. The maximum Gasteiger partial charge on any atom is 0.0746 e. The molecule has 0 aliphatic heterocycles. The number of rotatable bonds is 6. The number of nitrogens with zero attached hydrogens (tertiary/aromatic N) is 2. The van der Waals surface area contributed by atoms with Crippen molar-refractivity contribution in [1.82, 2.24) is 9.88 Å².